The van der Waals surface area contributed by atoms with Gasteiger partial charge in [0.1, 0.15) is 11.5 Å². The Bertz CT molecular complexity index is 557. The molecule has 116 valence electrons. The average Bonchev–Trinajstić information content (AvgIpc) is 3.05. The topological polar surface area (TPSA) is 63.1 Å². The second kappa shape index (κ2) is 6.91. The lowest BCUT2D eigenvalue weighted by atomic mass is 9.89. The maximum Gasteiger partial charge on any atom is 0.152 e. The second-order valence-corrected chi connectivity index (χ2v) is 6.19. The highest BCUT2D eigenvalue weighted by Gasteiger charge is 2.18. The summed E-state index contributed by atoms with van der Waals surface area (Å²) in [6.45, 7) is 8.91. The van der Waals surface area contributed by atoms with Crippen LogP contribution in [0.1, 0.15) is 31.6 Å². The van der Waals surface area contributed by atoms with Crippen molar-refractivity contribution in [3.8, 4) is 11.5 Å². The van der Waals surface area contributed by atoms with Crippen LogP contribution in [0.25, 0.3) is 11.5 Å². The van der Waals surface area contributed by atoms with E-state index in [-0.39, 0.29) is 5.41 Å². The highest BCUT2D eigenvalue weighted by Crippen LogP contribution is 2.24. The van der Waals surface area contributed by atoms with Crippen molar-refractivity contribution in [1.29, 1.82) is 0 Å². The van der Waals surface area contributed by atoms with Crippen LogP contribution < -0.4 is 5.32 Å². The third kappa shape index (κ3) is 4.44. The van der Waals surface area contributed by atoms with Crippen LogP contribution in [0.2, 0.25) is 0 Å². The molecule has 21 heavy (non-hydrogen) atoms. The summed E-state index contributed by atoms with van der Waals surface area (Å²) in [5, 5.41) is 10.6. The van der Waals surface area contributed by atoms with Crippen molar-refractivity contribution in [3.05, 3.63) is 29.7 Å². The van der Waals surface area contributed by atoms with Crippen LogP contribution in [-0.4, -0.2) is 30.5 Å². The number of nitrogens with one attached hydrogen (secondary N) is 2. The minimum atomic E-state index is 0.210. The number of nitrogens with zero attached hydrogens (tertiary/aromatic N) is 1. The molecule has 0 aliphatic carbocycles. The van der Waals surface area contributed by atoms with Gasteiger partial charge in [-0.2, -0.15) is 5.10 Å². The van der Waals surface area contributed by atoms with E-state index in [4.69, 9.17) is 9.15 Å². The molecule has 0 amide bonds. The van der Waals surface area contributed by atoms with Gasteiger partial charge >= 0.3 is 0 Å². The molecule has 2 aromatic heterocycles. The van der Waals surface area contributed by atoms with Crippen molar-refractivity contribution in [2.24, 2.45) is 5.41 Å². The van der Waals surface area contributed by atoms with Gasteiger partial charge in [-0.1, -0.05) is 13.8 Å². The van der Waals surface area contributed by atoms with Gasteiger partial charge in [-0.25, -0.2) is 0 Å². The average molecular weight is 291 g/mol. The van der Waals surface area contributed by atoms with Gasteiger partial charge in [0.05, 0.1) is 6.20 Å². The van der Waals surface area contributed by atoms with Gasteiger partial charge in [-0.3, -0.25) is 5.10 Å². The molecule has 0 saturated heterocycles. The number of ether oxygens (including phenoxy) is 1. The number of aromatic amines is 1. The summed E-state index contributed by atoms with van der Waals surface area (Å²) in [6, 6.07) is 3.93. The number of aromatic nitrogens is 2. The number of aryl methyl sites for hydroxylation is 1. The number of furan rings is 1. The van der Waals surface area contributed by atoms with Crippen LogP contribution in [0.4, 0.5) is 0 Å². The van der Waals surface area contributed by atoms with Crippen LogP contribution in [0.3, 0.4) is 0 Å². The molecule has 5 nitrogen and oxygen atoms in total. The maximum atomic E-state index is 5.65. The van der Waals surface area contributed by atoms with E-state index in [1.54, 1.807) is 7.11 Å². The fourth-order valence-electron chi connectivity index (χ4n) is 2.23. The zero-order chi connectivity index (χ0) is 15.3. The Morgan fingerprint density at radius 2 is 2.19 bits per heavy atom. The van der Waals surface area contributed by atoms with Gasteiger partial charge in [0.15, 0.2) is 5.76 Å². The number of methoxy groups -OCH3 is 1. The standard InChI is InChI=1S/C16H25N3O2/c1-12-5-6-14(21-12)15-13(10-18-19-15)9-17-11-16(2,3)7-8-20-4/h5-6,10,17H,7-9,11H2,1-4H3,(H,18,19). The van der Waals surface area contributed by atoms with E-state index in [0.29, 0.717) is 0 Å². The molecule has 0 aliphatic rings. The molecular formula is C16H25N3O2. The first-order valence-corrected chi connectivity index (χ1v) is 7.30. The van der Waals surface area contributed by atoms with Crippen molar-refractivity contribution in [2.75, 3.05) is 20.3 Å². The maximum absolute atomic E-state index is 5.65. The molecule has 2 rings (SSSR count). The SMILES string of the molecule is COCCC(C)(C)CNCc1cn[nH]c1-c1ccc(C)o1. The fourth-order valence-corrected chi connectivity index (χ4v) is 2.23. The molecule has 5 heteroatoms. The van der Waals surface area contributed by atoms with E-state index < -0.39 is 0 Å². The van der Waals surface area contributed by atoms with Crippen LogP contribution in [0.5, 0.6) is 0 Å². The molecule has 0 aromatic carbocycles. The van der Waals surface area contributed by atoms with Crippen LogP contribution in [-0.2, 0) is 11.3 Å². The number of rotatable bonds is 8. The molecule has 2 N–H and O–H groups in total. The first kappa shape index (κ1) is 15.8. The Labute approximate surface area is 126 Å². The Morgan fingerprint density at radius 1 is 1.38 bits per heavy atom. The number of hydrogen-bond donors (Lipinski definition) is 2. The third-order valence-electron chi connectivity index (χ3n) is 3.61. The first-order chi connectivity index (χ1) is 10.0. The Morgan fingerprint density at radius 3 is 2.86 bits per heavy atom. The fraction of sp³-hybridized carbons (Fsp3) is 0.562. The number of H-pyrrole nitrogens is 1. The summed E-state index contributed by atoms with van der Waals surface area (Å²) in [6.07, 6.45) is 2.88. The van der Waals surface area contributed by atoms with Gasteiger partial charge < -0.3 is 14.5 Å². The summed E-state index contributed by atoms with van der Waals surface area (Å²) in [4.78, 5) is 0. The summed E-state index contributed by atoms with van der Waals surface area (Å²) in [5.41, 5.74) is 2.28. The molecular weight excluding hydrogens is 266 g/mol. The highest BCUT2D eigenvalue weighted by molar-refractivity contribution is 5.56. The molecule has 2 aromatic rings. The molecule has 0 bridgehead atoms. The van der Waals surface area contributed by atoms with Gasteiger partial charge in [0.2, 0.25) is 0 Å². The van der Waals surface area contributed by atoms with Crippen molar-refractivity contribution >= 4 is 0 Å². The van der Waals surface area contributed by atoms with Gasteiger partial charge in [0, 0.05) is 32.4 Å². The van der Waals surface area contributed by atoms with Crippen LogP contribution >= 0.6 is 0 Å². The predicted octanol–water partition coefficient (Wildman–Crippen LogP) is 3.13. The normalized spacial score (nSPS) is 12.0. The molecule has 0 saturated carbocycles. The minimum Gasteiger partial charge on any atom is -0.460 e. The molecule has 0 aliphatic heterocycles. The van der Waals surface area contributed by atoms with Gasteiger partial charge in [0.25, 0.3) is 0 Å². The van der Waals surface area contributed by atoms with E-state index in [0.717, 1.165) is 48.9 Å². The van der Waals surface area contributed by atoms with Gasteiger partial charge in [-0.15, -0.1) is 0 Å². The monoisotopic (exact) mass is 291 g/mol. The predicted molar refractivity (Wildman–Crippen MR) is 83.0 cm³/mol. The zero-order valence-electron chi connectivity index (χ0n) is 13.3. The Kier molecular flexibility index (Phi) is 5.20. The van der Waals surface area contributed by atoms with E-state index in [1.165, 1.54) is 0 Å². The summed E-state index contributed by atoms with van der Waals surface area (Å²) in [7, 11) is 1.74. The molecule has 0 unspecified atom stereocenters. The van der Waals surface area contributed by atoms with Gasteiger partial charge in [-0.05, 0) is 30.9 Å². The molecule has 0 spiro atoms. The van der Waals surface area contributed by atoms with E-state index in [1.807, 2.05) is 25.3 Å². The first-order valence-electron chi connectivity index (χ1n) is 7.30. The van der Waals surface area contributed by atoms with Crippen molar-refractivity contribution in [3.63, 3.8) is 0 Å². The number of hydrogen-bond acceptors (Lipinski definition) is 4. The van der Waals surface area contributed by atoms with E-state index >= 15 is 0 Å². The lowest BCUT2D eigenvalue weighted by molar-refractivity contribution is 0.150. The third-order valence-corrected chi connectivity index (χ3v) is 3.61. The molecule has 0 fully saturated rings. The minimum absolute atomic E-state index is 0.210. The smallest absolute Gasteiger partial charge is 0.152 e. The van der Waals surface area contributed by atoms with E-state index in [2.05, 4.69) is 29.4 Å². The largest absolute Gasteiger partial charge is 0.460 e. The lowest BCUT2D eigenvalue weighted by Crippen LogP contribution is -2.30. The lowest BCUT2D eigenvalue weighted by Gasteiger charge is -2.24. The Hall–Kier alpha value is -1.59. The van der Waals surface area contributed by atoms with E-state index in [9.17, 15) is 0 Å². The Balaban J connectivity index is 1.91. The quantitative estimate of drug-likeness (QED) is 0.784. The van der Waals surface area contributed by atoms with Crippen molar-refractivity contribution in [1.82, 2.24) is 15.5 Å². The summed E-state index contributed by atoms with van der Waals surface area (Å²) < 4.78 is 10.8. The molecule has 0 atom stereocenters. The van der Waals surface area contributed by atoms with Crippen LogP contribution in [0.15, 0.2) is 22.7 Å². The molecule has 0 radical (unpaired) electrons. The second-order valence-electron chi connectivity index (χ2n) is 6.19. The highest BCUT2D eigenvalue weighted by atomic mass is 16.5. The van der Waals surface area contributed by atoms with Crippen molar-refractivity contribution < 1.29 is 9.15 Å². The molecule has 2 heterocycles. The summed E-state index contributed by atoms with van der Waals surface area (Å²) >= 11 is 0. The van der Waals surface area contributed by atoms with Crippen LogP contribution in [0, 0.1) is 12.3 Å². The van der Waals surface area contributed by atoms with Crippen molar-refractivity contribution in [2.45, 2.75) is 33.7 Å². The summed E-state index contributed by atoms with van der Waals surface area (Å²) in [5.74, 6) is 1.74. The zero-order valence-corrected chi connectivity index (χ0v) is 13.3.